The third-order valence-electron chi connectivity index (χ3n) is 3.40. The van der Waals surface area contributed by atoms with E-state index in [0.29, 0.717) is 16.8 Å². The average molecular weight is 308 g/mol. The second-order valence-corrected chi connectivity index (χ2v) is 5.01. The predicted octanol–water partition coefficient (Wildman–Crippen LogP) is 2.93. The number of aromatic nitrogens is 2. The molecule has 0 saturated carbocycles. The van der Waals surface area contributed by atoms with Gasteiger partial charge < -0.3 is 0 Å². The van der Waals surface area contributed by atoms with Gasteiger partial charge in [0.05, 0.1) is 5.69 Å². The van der Waals surface area contributed by atoms with Crippen LogP contribution >= 0.6 is 0 Å². The summed E-state index contributed by atoms with van der Waals surface area (Å²) in [6.07, 6.45) is 0. The quantitative estimate of drug-likeness (QED) is 0.696. The highest BCUT2D eigenvalue weighted by Crippen LogP contribution is 2.15. The van der Waals surface area contributed by atoms with Crippen LogP contribution in [0.15, 0.2) is 71.5 Å². The summed E-state index contributed by atoms with van der Waals surface area (Å²) in [5.41, 5.74) is 1.34. The topological polar surface area (TPSA) is 52.0 Å². The SMILES string of the molecule is O=C(Cn1nc(-c2ccc(F)cc2)ccc1=O)c1ccccc1. The molecular weight excluding hydrogens is 295 g/mol. The van der Waals surface area contributed by atoms with Gasteiger partial charge in [-0.05, 0) is 30.3 Å². The lowest BCUT2D eigenvalue weighted by Gasteiger charge is -2.07. The maximum Gasteiger partial charge on any atom is 0.267 e. The summed E-state index contributed by atoms with van der Waals surface area (Å²) < 4.78 is 14.1. The maximum atomic E-state index is 13.0. The number of nitrogens with zero attached hydrogens (tertiary/aromatic N) is 2. The van der Waals surface area contributed by atoms with E-state index in [0.717, 1.165) is 4.68 Å². The summed E-state index contributed by atoms with van der Waals surface area (Å²) in [4.78, 5) is 24.1. The molecule has 0 aliphatic rings. The fourth-order valence-electron chi connectivity index (χ4n) is 2.19. The van der Waals surface area contributed by atoms with Crippen LogP contribution in [0.1, 0.15) is 10.4 Å². The Hall–Kier alpha value is -3.08. The summed E-state index contributed by atoms with van der Waals surface area (Å²) >= 11 is 0. The average Bonchev–Trinajstić information content (AvgIpc) is 2.58. The van der Waals surface area contributed by atoms with Gasteiger partial charge in [-0.2, -0.15) is 5.10 Å². The molecule has 3 rings (SSSR count). The van der Waals surface area contributed by atoms with Crippen molar-refractivity contribution in [2.24, 2.45) is 0 Å². The van der Waals surface area contributed by atoms with Crippen LogP contribution in [-0.2, 0) is 6.54 Å². The van der Waals surface area contributed by atoms with Gasteiger partial charge in [-0.25, -0.2) is 9.07 Å². The van der Waals surface area contributed by atoms with Gasteiger partial charge in [0.15, 0.2) is 5.78 Å². The number of hydrogen-bond donors (Lipinski definition) is 0. The van der Waals surface area contributed by atoms with Crippen LogP contribution in [0.5, 0.6) is 0 Å². The minimum absolute atomic E-state index is 0.141. The smallest absolute Gasteiger partial charge is 0.267 e. The second kappa shape index (κ2) is 6.36. The van der Waals surface area contributed by atoms with Crippen molar-refractivity contribution in [2.45, 2.75) is 6.54 Å². The third-order valence-corrected chi connectivity index (χ3v) is 3.40. The second-order valence-electron chi connectivity index (χ2n) is 5.01. The number of hydrogen-bond acceptors (Lipinski definition) is 3. The molecule has 5 heteroatoms. The Morgan fingerprint density at radius 3 is 2.35 bits per heavy atom. The van der Waals surface area contributed by atoms with Gasteiger partial charge in [0.25, 0.3) is 5.56 Å². The normalized spacial score (nSPS) is 10.5. The van der Waals surface area contributed by atoms with E-state index in [-0.39, 0.29) is 23.7 Å². The van der Waals surface area contributed by atoms with Crippen LogP contribution in [0.25, 0.3) is 11.3 Å². The number of ketones is 1. The van der Waals surface area contributed by atoms with E-state index in [1.807, 2.05) is 6.07 Å². The molecule has 114 valence electrons. The highest BCUT2D eigenvalue weighted by atomic mass is 19.1. The molecule has 0 atom stereocenters. The zero-order valence-corrected chi connectivity index (χ0v) is 12.1. The first kappa shape index (κ1) is 14.8. The third kappa shape index (κ3) is 3.40. The van der Waals surface area contributed by atoms with Crippen LogP contribution in [0.3, 0.4) is 0 Å². The molecule has 0 aliphatic carbocycles. The lowest BCUT2D eigenvalue weighted by molar-refractivity contribution is 0.0966. The van der Waals surface area contributed by atoms with E-state index in [9.17, 15) is 14.0 Å². The van der Waals surface area contributed by atoms with Crippen LogP contribution in [0.2, 0.25) is 0 Å². The zero-order valence-electron chi connectivity index (χ0n) is 12.1. The van der Waals surface area contributed by atoms with Crippen molar-refractivity contribution in [3.8, 4) is 11.3 Å². The van der Waals surface area contributed by atoms with Gasteiger partial charge >= 0.3 is 0 Å². The van der Waals surface area contributed by atoms with E-state index >= 15 is 0 Å². The number of carbonyl (C=O) groups is 1. The summed E-state index contributed by atoms with van der Waals surface area (Å²) in [5, 5.41) is 4.20. The van der Waals surface area contributed by atoms with Gasteiger partial charge in [0, 0.05) is 17.2 Å². The van der Waals surface area contributed by atoms with Gasteiger partial charge in [0.1, 0.15) is 12.4 Å². The fourth-order valence-corrected chi connectivity index (χ4v) is 2.19. The molecule has 0 spiro atoms. The molecule has 0 amide bonds. The largest absolute Gasteiger partial charge is 0.292 e. The highest BCUT2D eigenvalue weighted by molar-refractivity contribution is 5.95. The first-order chi connectivity index (χ1) is 11.1. The standard InChI is InChI=1S/C18H13FN2O2/c19-15-8-6-13(7-9-15)16-10-11-18(23)21(20-16)12-17(22)14-4-2-1-3-5-14/h1-11H,12H2. The molecule has 0 aliphatic heterocycles. The first-order valence-electron chi connectivity index (χ1n) is 7.06. The van der Waals surface area contributed by atoms with Crippen LogP contribution < -0.4 is 5.56 Å². The summed E-state index contributed by atoms with van der Waals surface area (Å²) in [7, 11) is 0. The Bertz CT molecular complexity index is 887. The van der Waals surface area contributed by atoms with E-state index in [1.165, 1.54) is 18.2 Å². The molecule has 3 aromatic rings. The van der Waals surface area contributed by atoms with Crippen molar-refractivity contribution < 1.29 is 9.18 Å². The molecule has 0 radical (unpaired) electrons. The molecule has 4 nitrogen and oxygen atoms in total. The Balaban J connectivity index is 1.91. The van der Waals surface area contributed by atoms with Gasteiger partial charge in [-0.3, -0.25) is 9.59 Å². The monoisotopic (exact) mass is 308 g/mol. The molecule has 0 saturated heterocycles. The molecular formula is C18H13FN2O2. The molecule has 0 N–H and O–H groups in total. The van der Waals surface area contributed by atoms with Crippen molar-refractivity contribution >= 4 is 5.78 Å². The Kier molecular flexibility index (Phi) is 4.10. The van der Waals surface area contributed by atoms with Crippen molar-refractivity contribution in [2.75, 3.05) is 0 Å². The zero-order chi connectivity index (χ0) is 16.2. The summed E-state index contributed by atoms with van der Waals surface area (Å²) in [5.74, 6) is -0.544. The highest BCUT2D eigenvalue weighted by Gasteiger charge is 2.10. The van der Waals surface area contributed by atoms with E-state index < -0.39 is 0 Å². The van der Waals surface area contributed by atoms with E-state index in [1.54, 1.807) is 42.5 Å². The summed E-state index contributed by atoms with van der Waals surface area (Å²) in [6, 6.07) is 17.4. The predicted molar refractivity (Wildman–Crippen MR) is 84.7 cm³/mol. The van der Waals surface area contributed by atoms with Crippen LogP contribution in [0.4, 0.5) is 4.39 Å². The number of rotatable bonds is 4. The lowest BCUT2D eigenvalue weighted by atomic mass is 10.1. The van der Waals surface area contributed by atoms with Gasteiger partial charge in [-0.1, -0.05) is 30.3 Å². The van der Waals surface area contributed by atoms with Crippen molar-refractivity contribution in [1.29, 1.82) is 0 Å². The number of halogens is 1. The molecule has 0 fully saturated rings. The van der Waals surface area contributed by atoms with E-state index in [4.69, 9.17) is 0 Å². The number of benzene rings is 2. The van der Waals surface area contributed by atoms with Crippen LogP contribution in [-0.4, -0.2) is 15.6 Å². The number of Topliss-reactive ketones (excluding diaryl/α,β-unsaturated/α-hetero) is 1. The minimum atomic E-state index is -0.361. The Labute approximate surface area is 131 Å². The molecule has 1 aromatic heterocycles. The molecule has 2 aromatic carbocycles. The Morgan fingerprint density at radius 2 is 1.65 bits per heavy atom. The molecule has 1 heterocycles. The minimum Gasteiger partial charge on any atom is -0.292 e. The first-order valence-corrected chi connectivity index (χ1v) is 7.06. The molecule has 23 heavy (non-hydrogen) atoms. The number of carbonyl (C=O) groups excluding carboxylic acids is 1. The van der Waals surface area contributed by atoms with Crippen molar-refractivity contribution in [3.05, 3.63) is 88.5 Å². The molecule has 0 unspecified atom stereocenters. The maximum absolute atomic E-state index is 13.0. The van der Waals surface area contributed by atoms with Crippen molar-refractivity contribution in [1.82, 2.24) is 9.78 Å². The van der Waals surface area contributed by atoms with E-state index in [2.05, 4.69) is 5.10 Å². The molecule has 0 bridgehead atoms. The van der Waals surface area contributed by atoms with Gasteiger partial charge in [0.2, 0.25) is 0 Å². The summed E-state index contributed by atoms with van der Waals surface area (Å²) in [6.45, 7) is -0.141. The fraction of sp³-hybridized carbons (Fsp3) is 0.0556. The lowest BCUT2D eigenvalue weighted by Crippen LogP contribution is -2.26. The Morgan fingerprint density at radius 1 is 0.957 bits per heavy atom. The van der Waals surface area contributed by atoms with Gasteiger partial charge in [-0.15, -0.1) is 0 Å². The van der Waals surface area contributed by atoms with Crippen molar-refractivity contribution in [3.63, 3.8) is 0 Å². The van der Waals surface area contributed by atoms with Crippen LogP contribution in [0, 0.1) is 5.82 Å².